The smallest absolute Gasteiger partial charge is 0.251 e. The fraction of sp³-hybridized carbons (Fsp3) is 0.152. The number of nitrogens with zero attached hydrogens (tertiary/aromatic N) is 6. The third-order valence-corrected chi connectivity index (χ3v) is 7.09. The van der Waals surface area contributed by atoms with Crippen molar-refractivity contribution in [3.63, 3.8) is 0 Å². The molecule has 220 valence electrons. The zero-order chi connectivity index (χ0) is 30.6. The van der Waals surface area contributed by atoms with Crippen LogP contribution in [0.3, 0.4) is 0 Å². The molecule has 1 atom stereocenters. The topological polar surface area (TPSA) is 119 Å². The Labute approximate surface area is 252 Å². The molecule has 0 fully saturated rings. The van der Waals surface area contributed by atoms with Crippen molar-refractivity contribution in [1.82, 2.24) is 30.5 Å². The molecule has 0 aliphatic rings. The van der Waals surface area contributed by atoms with Crippen LogP contribution in [0, 0.1) is 19.7 Å². The molecule has 0 aliphatic carbocycles. The molecule has 0 radical (unpaired) electrons. The lowest BCUT2D eigenvalue weighted by Gasteiger charge is -2.31. The highest BCUT2D eigenvalue weighted by atomic mass is 19.1. The summed E-state index contributed by atoms with van der Waals surface area (Å²) in [5.41, 5.74) is 3.45. The van der Waals surface area contributed by atoms with Gasteiger partial charge >= 0.3 is 0 Å². The lowest BCUT2D eigenvalue weighted by atomic mass is 10.0. The summed E-state index contributed by atoms with van der Waals surface area (Å²) in [5, 5.41) is 16.2. The number of furan rings is 1. The molecule has 1 N–H and O–H groups in total. The molecule has 0 saturated heterocycles. The van der Waals surface area contributed by atoms with E-state index in [0.717, 1.165) is 16.5 Å². The Morgan fingerprint density at radius 2 is 1.75 bits per heavy atom. The van der Waals surface area contributed by atoms with E-state index in [0.29, 0.717) is 28.3 Å². The van der Waals surface area contributed by atoms with E-state index in [4.69, 9.17) is 4.42 Å². The minimum absolute atomic E-state index is 0.135. The number of anilines is 1. The maximum absolute atomic E-state index is 14.2. The van der Waals surface area contributed by atoms with Crippen molar-refractivity contribution < 1.29 is 18.4 Å². The molecule has 3 aromatic heterocycles. The Morgan fingerprint density at radius 1 is 0.977 bits per heavy atom. The van der Waals surface area contributed by atoms with Gasteiger partial charge in [0.05, 0.1) is 17.4 Å². The van der Waals surface area contributed by atoms with Gasteiger partial charge in [0.25, 0.3) is 5.91 Å². The van der Waals surface area contributed by atoms with E-state index in [2.05, 4.69) is 25.7 Å². The van der Waals surface area contributed by atoms with Crippen molar-refractivity contribution in [1.29, 1.82) is 0 Å². The van der Waals surface area contributed by atoms with Gasteiger partial charge in [0.1, 0.15) is 24.2 Å². The molecule has 0 bridgehead atoms. The van der Waals surface area contributed by atoms with Gasteiger partial charge in [-0.3, -0.25) is 19.5 Å². The number of carbonyl (C=O) groups is 2. The number of benzene rings is 3. The first-order valence-corrected chi connectivity index (χ1v) is 13.9. The Bertz CT molecular complexity index is 1930. The molecule has 11 heteroatoms. The van der Waals surface area contributed by atoms with Crippen LogP contribution >= 0.6 is 0 Å². The van der Waals surface area contributed by atoms with E-state index in [1.54, 1.807) is 37.4 Å². The van der Waals surface area contributed by atoms with Crippen LogP contribution < -0.4 is 10.2 Å². The molecule has 3 aromatic carbocycles. The number of pyridine rings is 1. The maximum Gasteiger partial charge on any atom is 0.251 e. The zero-order valence-corrected chi connectivity index (χ0v) is 24.0. The third kappa shape index (κ3) is 6.21. The van der Waals surface area contributed by atoms with Gasteiger partial charge in [0.15, 0.2) is 5.76 Å². The molecular formula is C33H28FN7O3. The fourth-order valence-electron chi connectivity index (χ4n) is 4.84. The first-order valence-electron chi connectivity index (χ1n) is 13.9. The SMILES string of the molecule is Cc1ccc([C@H](C(=O)NCc2ccc(F)cc2)N(C(=O)Cn2nnc(-c3ccc(C)o3)n2)c2cnc3ccccc3c2)cc1. The molecular weight excluding hydrogens is 561 g/mol. The molecule has 0 unspecified atom stereocenters. The molecule has 3 heterocycles. The highest BCUT2D eigenvalue weighted by molar-refractivity contribution is 6.02. The number of tetrazole rings is 1. The van der Waals surface area contributed by atoms with Gasteiger partial charge in [0.2, 0.25) is 11.7 Å². The van der Waals surface area contributed by atoms with Crippen LogP contribution in [0.4, 0.5) is 10.1 Å². The number of fused-ring (bicyclic) bond motifs is 1. The number of halogens is 1. The third-order valence-electron chi connectivity index (χ3n) is 7.09. The Kier molecular flexibility index (Phi) is 7.92. The second kappa shape index (κ2) is 12.3. The van der Waals surface area contributed by atoms with Crippen molar-refractivity contribution >= 4 is 28.4 Å². The minimum Gasteiger partial charge on any atom is -0.458 e. The van der Waals surface area contributed by atoms with E-state index in [1.165, 1.54) is 21.8 Å². The monoisotopic (exact) mass is 589 g/mol. The standard InChI is InChI=1S/C33H28FN7O3/c1-21-7-12-24(13-8-21)31(33(43)36-18-23-10-14-26(34)15-11-23)41(27-17-25-5-3-4-6-28(25)35-19-27)30(42)20-40-38-32(37-39-40)29-16-9-22(2)44-29/h3-17,19,31H,18,20H2,1-2H3,(H,36,43)/t31-/m1/s1. The van der Waals surface area contributed by atoms with Crippen molar-refractivity contribution in [3.05, 3.63) is 125 Å². The average Bonchev–Trinajstić information content (AvgIpc) is 3.68. The second-order valence-electron chi connectivity index (χ2n) is 10.4. The maximum atomic E-state index is 14.2. The number of aryl methyl sites for hydroxylation is 2. The van der Waals surface area contributed by atoms with E-state index >= 15 is 0 Å². The number of rotatable bonds is 9. The largest absolute Gasteiger partial charge is 0.458 e. The molecule has 44 heavy (non-hydrogen) atoms. The van der Waals surface area contributed by atoms with Gasteiger partial charge in [0, 0.05) is 11.9 Å². The van der Waals surface area contributed by atoms with E-state index in [9.17, 15) is 14.0 Å². The van der Waals surface area contributed by atoms with Crippen LogP contribution in [-0.4, -0.2) is 37.0 Å². The molecule has 0 spiro atoms. The first-order chi connectivity index (χ1) is 21.3. The van der Waals surface area contributed by atoms with Crippen LogP contribution in [0.2, 0.25) is 0 Å². The molecule has 6 aromatic rings. The second-order valence-corrected chi connectivity index (χ2v) is 10.4. The summed E-state index contributed by atoms with van der Waals surface area (Å²) in [4.78, 5) is 35.4. The number of carbonyl (C=O) groups excluding carboxylic acids is 2. The summed E-state index contributed by atoms with van der Waals surface area (Å²) in [6.07, 6.45) is 1.57. The predicted molar refractivity (Wildman–Crippen MR) is 162 cm³/mol. The van der Waals surface area contributed by atoms with E-state index < -0.39 is 17.9 Å². The van der Waals surface area contributed by atoms with Gasteiger partial charge in [-0.25, -0.2) is 4.39 Å². The molecule has 2 amide bonds. The summed E-state index contributed by atoms with van der Waals surface area (Å²) in [5.74, 6) is 0.0776. The first kappa shape index (κ1) is 28.4. The number of hydrogen-bond acceptors (Lipinski definition) is 7. The van der Waals surface area contributed by atoms with Crippen molar-refractivity contribution in [3.8, 4) is 11.6 Å². The molecule has 6 rings (SSSR count). The van der Waals surface area contributed by atoms with Gasteiger partial charge in [-0.15, -0.1) is 10.2 Å². The Hall–Kier alpha value is -5.71. The van der Waals surface area contributed by atoms with Gasteiger partial charge < -0.3 is 9.73 Å². The molecule has 0 saturated carbocycles. The highest BCUT2D eigenvalue weighted by Crippen LogP contribution is 2.30. The minimum atomic E-state index is -1.08. The lowest BCUT2D eigenvalue weighted by molar-refractivity contribution is -0.127. The number of aromatic nitrogens is 5. The fourth-order valence-corrected chi connectivity index (χ4v) is 4.84. The summed E-state index contributed by atoms with van der Waals surface area (Å²) in [6, 6.07) is 25.0. The summed E-state index contributed by atoms with van der Waals surface area (Å²) >= 11 is 0. The number of para-hydroxylation sites is 1. The molecule has 10 nitrogen and oxygen atoms in total. The van der Waals surface area contributed by atoms with E-state index in [-0.39, 0.29) is 24.7 Å². The summed E-state index contributed by atoms with van der Waals surface area (Å²) in [7, 11) is 0. The normalized spacial score (nSPS) is 11.8. The predicted octanol–water partition coefficient (Wildman–Crippen LogP) is 5.33. The Balaban J connectivity index is 1.39. The zero-order valence-electron chi connectivity index (χ0n) is 24.0. The summed E-state index contributed by atoms with van der Waals surface area (Å²) in [6.45, 7) is 3.57. The number of amides is 2. The van der Waals surface area contributed by atoms with Crippen LogP contribution in [0.1, 0.15) is 28.5 Å². The Morgan fingerprint density at radius 3 is 2.50 bits per heavy atom. The number of nitrogens with one attached hydrogen (secondary N) is 1. The van der Waals surface area contributed by atoms with Gasteiger partial charge in [-0.05, 0) is 66.6 Å². The molecule has 0 aliphatic heterocycles. The van der Waals surface area contributed by atoms with E-state index in [1.807, 2.05) is 61.5 Å². The summed E-state index contributed by atoms with van der Waals surface area (Å²) < 4.78 is 19.1. The van der Waals surface area contributed by atoms with Gasteiger partial charge in [-0.2, -0.15) is 4.80 Å². The van der Waals surface area contributed by atoms with Gasteiger partial charge in [-0.1, -0.05) is 60.2 Å². The average molecular weight is 590 g/mol. The van der Waals surface area contributed by atoms with Crippen molar-refractivity contribution in [2.45, 2.75) is 33.0 Å². The van der Waals surface area contributed by atoms with Crippen LogP contribution in [0.5, 0.6) is 0 Å². The lowest BCUT2D eigenvalue weighted by Crippen LogP contribution is -2.45. The van der Waals surface area contributed by atoms with Crippen LogP contribution in [0.15, 0.2) is 102 Å². The number of hydrogen-bond donors (Lipinski definition) is 1. The van der Waals surface area contributed by atoms with Crippen molar-refractivity contribution in [2.24, 2.45) is 0 Å². The quantitative estimate of drug-likeness (QED) is 0.242. The van der Waals surface area contributed by atoms with Crippen molar-refractivity contribution in [2.75, 3.05) is 4.90 Å². The van der Waals surface area contributed by atoms with Crippen LogP contribution in [-0.2, 0) is 22.7 Å². The highest BCUT2D eigenvalue weighted by Gasteiger charge is 2.34. The van der Waals surface area contributed by atoms with Crippen LogP contribution in [0.25, 0.3) is 22.5 Å².